The van der Waals surface area contributed by atoms with Crippen LogP contribution in [0.3, 0.4) is 0 Å². The molecule has 0 spiro atoms. The third-order valence-electron chi connectivity index (χ3n) is 3.15. The van der Waals surface area contributed by atoms with Crippen molar-refractivity contribution >= 4 is 11.6 Å². The number of benzene rings is 1. The van der Waals surface area contributed by atoms with Crippen LogP contribution in [0.5, 0.6) is 11.5 Å². The summed E-state index contributed by atoms with van der Waals surface area (Å²) in [6.07, 6.45) is 1.50. The first kappa shape index (κ1) is 14.1. The molecule has 0 atom stereocenters. The number of nitrogens with zero attached hydrogens (tertiary/aromatic N) is 2. The molecular formula is C13H16N2O5. The highest BCUT2D eigenvalue weighted by Crippen LogP contribution is 2.30. The SMILES string of the molecule is COc1cc(OCCN2CCCC2=O)ccc1[N+](=O)[O-]. The van der Waals surface area contributed by atoms with Gasteiger partial charge in [0.05, 0.1) is 18.6 Å². The van der Waals surface area contributed by atoms with Gasteiger partial charge in [0.2, 0.25) is 11.7 Å². The highest BCUT2D eigenvalue weighted by atomic mass is 16.6. The van der Waals surface area contributed by atoms with Crippen LogP contribution in [-0.2, 0) is 4.79 Å². The Hall–Kier alpha value is -2.31. The van der Waals surface area contributed by atoms with E-state index >= 15 is 0 Å². The number of nitro benzene ring substituents is 1. The lowest BCUT2D eigenvalue weighted by Gasteiger charge is -2.15. The number of amides is 1. The van der Waals surface area contributed by atoms with Crippen LogP contribution in [-0.4, -0.2) is 42.5 Å². The lowest BCUT2D eigenvalue weighted by molar-refractivity contribution is -0.385. The largest absolute Gasteiger partial charge is 0.492 e. The fraction of sp³-hybridized carbons (Fsp3) is 0.462. The Labute approximate surface area is 116 Å². The van der Waals surface area contributed by atoms with Crippen molar-refractivity contribution in [3.8, 4) is 11.5 Å². The Morgan fingerprint density at radius 2 is 2.25 bits per heavy atom. The lowest BCUT2D eigenvalue weighted by Crippen LogP contribution is -2.29. The minimum absolute atomic E-state index is 0.102. The second-order valence-corrected chi connectivity index (χ2v) is 4.42. The van der Waals surface area contributed by atoms with Gasteiger partial charge < -0.3 is 14.4 Å². The maximum atomic E-state index is 11.4. The normalized spacial score (nSPS) is 14.4. The lowest BCUT2D eigenvalue weighted by atomic mass is 10.3. The smallest absolute Gasteiger partial charge is 0.311 e. The standard InChI is InChI=1S/C13H16N2O5/c1-19-12-9-10(4-5-11(12)15(17)18)20-8-7-14-6-2-3-13(14)16/h4-5,9H,2-3,6-8H2,1H3. The molecule has 2 rings (SSSR count). The van der Waals surface area contributed by atoms with Crippen LogP contribution in [0.25, 0.3) is 0 Å². The molecule has 7 heteroatoms. The van der Waals surface area contributed by atoms with Crippen molar-refractivity contribution in [2.75, 3.05) is 26.8 Å². The summed E-state index contributed by atoms with van der Waals surface area (Å²) < 4.78 is 10.5. The molecule has 20 heavy (non-hydrogen) atoms. The topological polar surface area (TPSA) is 81.9 Å². The van der Waals surface area contributed by atoms with Gasteiger partial charge in [-0.25, -0.2) is 0 Å². The Bertz CT molecular complexity index is 517. The van der Waals surface area contributed by atoms with Crippen molar-refractivity contribution in [3.63, 3.8) is 0 Å². The number of ether oxygens (including phenoxy) is 2. The monoisotopic (exact) mass is 280 g/mol. The van der Waals surface area contributed by atoms with Gasteiger partial charge in [-0.15, -0.1) is 0 Å². The zero-order valence-electron chi connectivity index (χ0n) is 11.2. The molecule has 7 nitrogen and oxygen atoms in total. The van der Waals surface area contributed by atoms with E-state index in [4.69, 9.17) is 9.47 Å². The Kier molecular flexibility index (Phi) is 4.39. The highest BCUT2D eigenvalue weighted by Gasteiger charge is 2.20. The zero-order valence-corrected chi connectivity index (χ0v) is 11.2. The van der Waals surface area contributed by atoms with Gasteiger partial charge in [-0.2, -0.15) is 0 Å². The molecule has 1 aliphatic heterocycles. The molecule has 0 N–H and O–H groups in total. The van der Waals surface area contributed by atoms with Crippen LogP contribution >= 0.6 is 0 Å². The van der Waals surface area contributed by atoms with Crippen LogP contribution in [0.4, 0.5) is 5.69 Å². The average molecular weight is 280 g/mol. The van der Waals surface area contributed by atoms with E-state index in [0.29, 0.717) is 25.3 Å². The number of nitro groups is 1. The summed E-state index contributed by atoms with van der Waals surface area (Å²) in [4.78, 5) is 23.4. The van der Waals surface area contributed by atoms with E-state index in [1.165, 1.54) is 25.3 Å². The molecule has 0 aliphatic carbocycles. The van der Waals surface area contributed by atoms with Gasteiger partial charge in [-0.3, -0.25) is 14.9 Å². The molecule has 0 radical (unpaired) electrons. The number of likely N-dealkylation sites (tertiary alicyclic amines) is 1. The number of hydrogen-bond acceptors (Lipinski definition) is 5. The summed E-state index contributed by atoms with van der Waals surface area (Å²) in [6, 6.07) is 4.34. The predicted molar refractivity (Wildman–Crippen MR) is 71.0 cm³/mol. The molecule has 108 valence electrons. The fourth-order valence-corrected chi connectivity index (χ4v) is 2.11. The van der Waals surface area contributed by atoms with Crippen LogP contribution in [0.1, 0.15) is 12.8 Å². The van der Waals surface area contributed by atoms with E-state index in [9.17, 15) is 14.9 Å². The molecule has 1 aromatic rings. The minimum atomic E-state index is -0.508. The van der Waals surface area contributed by atoms with Gasteiger partial charge in [0.15, 0.2) is 0 Å². The highest BCUT2D eigenvalue weighted by molar-refractivity contribution is 5.78. The number of methoxy groups -OCH3 is 1. The molecule has 1 heterocycles. The van der Waals surface area contributed by atoms with E-state index in [2.05, 4.69) is 0 Å². The number of rotatable bonds is 6. The Morgan fingerprint density at radius 3 is 2.85 bits per heavy atom. The maximum absolute atomic E-state index is 11.4. The fourth-order valence-electron chi connectivity index (χ4n) is 2.11. The Morgan fingerprint density at radius 1 is 1.45 bits per heavy atom. The van der Waals surface area contributed by atoms with Crippen molar-refractivity contribution < 1.29 is 19.2 Å². The van der Waals surface area contributed by atoms with E-state index < -0.39 is 4.92 Å². The quantitative estimate of drug-likeness (QED) is 0.584. The van der Waals surface area contributed by atoms with E-state index in [1.54, 1.807) is 4.90 Å². The van der Waals surface area contributed by atoms with Crippen molar-refractivity contribution in [1.29, 1.82) is 0 Å². The summed E-state index contributed by atoms with van der Waals surface area (Å²) in [5, 5.41) is 10.8. The first-order valence-electron chi connectivity index (χ1n) is 6.35. The molecule has 0 saturated carbocycles. The first-order valence-corrected chi connectivity index (χ1v) is 6.35. The molecule has 1 aromatic carbocycles. The number of hydrogen-bond donors (Lipinski definition) is 0. The van der Waals surface area contributed by atoms with Gasteiger partial charge in [-0.05, 0) is 12.5 Å². The summed E-state index contributed by atoms with van der Waals surface area (Å²) in [7, 11) is 1.37. The molecule has 0 aromatic heterocycles. The molecule has 1 amide bonds. The molecule has 1 fully saturated rings. The molecule has 0 unspecified atom stereocenters. The van der Waals surface area contributed by atoms with E-state index in [1.807, 2.05) is 0 Å². The predicted octanol–water partition coefficient (Wildman–Crippen LogP) is 1.60. The molecule has 1 saturated heterocycles. The van der Waals surface area contributed by atoms with Crippen LogP contribution in [0.2, 0.25) is 0 Å². The van der Waals surface area contributed by atoms with Gasteiger partial charge >= 0.3 is 5.69 Å². The van der Waals surface area contributed by atoms with E-state index in [0.717, 1.165) is 13.0 Å². The van der Waals surface area contributed by atoms with Gasteiger partial charge in [0.25, 0.3) is 0 Å². The van der Waals surface area contributed by atoms with Crippen molar-refractivity contribution in [1.82, 2.24) is 4.90 Å². The van der Waals surface area contributed by atoms with Crippen molar-refractivity contribution in [2.24, 2.45) is 0 Å². The average Bonchev–Trinajstić information content (AvgIpc) is 2.84. The third-order valence-corrected chi connectivity index (χ3v) is 3.15. The Balaban J connectivity index is 1.93. The summed E-state index contributed by atoms with van der Waals surface area (Å²) in [6.45, 7) is 1.65. The second kappa shape index (κ2) is 6.23. The van der Waals surface area contributed by atoms with Gasteiger partial charge in [0, 0.05) is 25.1 Å². The van der Waals surface area contributed by atoms with E-state index in [-0.39, 0.29) is 17.3 Å². The van der Waals surface area contributed by atoms with Crippen molar-refractivity contribution in [3.05, 3.63) is 28.3 Å². The maximum Gasteiger partial charge on any atom is 0.311 e. The summed E-state index contributed by atoms with van der Waals surface area (Å²) >= 11 is 0. The summed E-state index contributed by atoms with van der Waals surface area (Å²) in [5.41, 5.74) is -0.102. The molecule has 1 aliphatic rings. The van der Waals surface area contributed by atoms with Crippen LogP contribution in [0.15, 0.2) is 18.2 Å². The van der Waals surface area contributed by atoms with Gasteiger partial charge in [-0.1, -0.05) is 0 Å². The van der Waals surface area contributed by atoms with Gasteiger partial charge in [0.1, 0.15) is 12.4 Å². The van der Waals surface area contributed by atoms with Crippen LogP contribution in [0, 0.1) is 10.1 Å². The van der Waals surface area contributed by atoms with Crippen molar-refractivity contribution in [2.45, 2.75) is 12.8 Å². The first-order chi connectivity index (χ1) is 9.61. The molecular weight excluding hydrogens is 264 g/mol. The molecule has 0 bridgehead atoms. The number of carbonyl (C=O) groups excluding carboxylic acids is 1. The van der Waals surface area contributed by atoms with Crippen LogP contribution < -0.4 is 9.47 Å². The summed E-state index contributed by atoms with van der Waals surface area (Å²) in [5.74, 6) is 0.790. The zero-order chi connectivity index (χ0) is 14.5. The number of carbonyl (C=O) groups is 1. The third kappa shape index (κ3) is 3.17. The second-order valence-electron chi connectivity index (χ2n) is 4.42. The minimum Gasteiger partial charge on any atom is -0.492 e.